The van der Waals surface area contributed by atoms with Crippen molar-refractivity contribution in [2.24, 2.45) is 0 Å². The van der Waals surface area contributed by atoms with Gasteiger partial charge in [0.15, 0.2) is 0 Å². The number of nitro benzene ring substituents is 1. The van der Waals surface area contributed by atoms with Gasteiger partial charge >= 0.3 is 0 Å². The molecule has 7 heteroatoms. The first-order valence-corrected chi connectivity index (χ1v) is 9.53. The van der Waals surface area contributed by atoms with Crippen molar-refractivity contribution in [2.75, 3.05) is 19.4 Å². The molecule has 1 N–H and O–H groups in total. The Morgan fingerprint density at radius 2 is 1.89 bits per heavy atom. The Labute approximate surface area is 160 Å². The highest BCUT2D eigenvalue weighted by molar-refractivity contribution is 7.98. The summed E-state index contributed by atoms with van der Waals surface area (Å²) in [5.74, 6) is 0.357. The number of nitrogens with zero attached hydrogens (tertiary/aromatic N) is 1. The molecule has 0 aliphatic carbocycles. The van der Waals surface area contributed by atoms with Crippen molar-refractivity contribution in [2.45, 2.75) is 4.90 Å². The van der Waals surface area contributed by atoms with Gasteiger partial charge in [0.2, 0.25) is 0 Å². The predicted molar refractivity (Wildman–Crippen MR) is 107 cm³/mol. The molecule has 0 aliphatic rings. The van der Waals surface area contributed by atoms with E-state index in [-0.39, 0.29) is 17.2 Å². The smallest absolute Gasteiger partial charge is 0.283 e. The van der Waals surface area contributed by atoms with Gasteiger partial charge in [-0.25, -0.2) is 0 Å². The van der Waals surface area contributed by atoms with Crippen LogP contribution in [-0.2, 0) is 0 Å². The SMILES string of the molecule is CSc1ccc(C(=O)NCCOc2ccc3ccccc3c2)cc1[N+](=O)[O-]. The van der Waals surface area contributed by atoms with E-state index in [1.54, 1.807) is 18.4 Å². The van der Waals surface area contributed by atoms with Gasteiger partial charge in [0, 0.05) is 11.6 Å². The third-order valence-electron chi connectivity index (χ3n) is 4.02. The first-order valence-electron chi connectivity index (χ1n) is 8.31. The van der Waals surface area contributed by atoms with Crippen LogP contribution >= 0.6 is 11.8 Å². The van der Waals surface area contributed by atoms with Gasteiger partial charge in [0.05, 0.1) is 16.4 Å². The second-order valence-electron chi connectivity index (χ2n) is 5.76. The number of hydrogen-bond donors (Lipinski definition) is 1. The Kier molecular flexibility index (Phi) is 5.93. The van der Waals surface area contributed by atoms with Gasteiger partial charge in [0.25, 0.3) is 11.6 Å². The number of nitrogens with one attached hydrogen (secondary N) is 1. The van der Waals surface area contributed by atoms with E-state index >= 15 is 0 Å². The number of rotatable bonds is 7. The van der Waals surface area contributed by atoms with Crippen LogP contribution in [0, 0.1) is 10.1 Å². The lowest BCUT2D eigenvalue weighted by molar-refractivity contribution is -0.387. The van der Waals surface area contributed by atoms with Gasteiger partial charge in [-0.3, -0.25) is 14.9 Å². The monoisotopic (exact) mass is 382 g/mol. The number of nitro groups is 1. The summed E-state index contributed by atoms with van der Waals surface area (Å²) in [7, 11) is 0. The highest BCUT2D eigenvalue weighted by Crippen LogP contribution is 2.28. The fraction of sp³-hybridized carbons (Fsp3) is 0.150. The normalized spacial score (nSPS) is 10.6. The number of hydrogen-bond acceptors (Lipinski definition) is 5. The second-order valence-corrected chi connectivity index (χ2v) is 6.61. The highest BCUT2D eigenvalue weighted by atomic mass is 32.2. The van der Waals surface area contributed by atoms with Crippen molar-refractivity contribution in [3.05, 3.63) is 76.3 Å². The summed E-state index contributed by atoms with van der Waals surface area (Å²) in [6, 6.07) is 18.3. The topological polar surface area (TPSA) is 81.5 Å². The summed E-state index contributed by atoms with van der Waals surface area (Å²) in [6.07, 6.45) is 1.76. The maximum absolute atomic E-state index is 12.2. The maximum atomic E-state index is 12.2. The number of carbonyl (C=O) groups excluding carboxylic acids is 1. The molecule has 3 aromatic carbocycles. The van der Waals surface area contributed by atoms with E-state index in [1.807, 2.05) is 42.5 Å². The van der Waals surface area contributed by atoms with Crippen molar-refractivity contribution in [1.29, 1.82) is 0 Å². The van der Waals surface area contributed by atoms with Crippen LogP contribution in [0.25, 0.3) is 10.8 Å². The molecule has 0 unspecified atom stereocenters. The van der Waals surface area contributed by atoms with Crippen LogP contribution < -0.4 is 10.1 Å². The molecule has 1 amide bonds. The first kappa shape index (κ1) is 18.7. The van der Waals surface area contributed by atoms with Crippen molar-refractivity contribution in [3.8, 4) is 5.75 Å². The molecule has 27 heavy (non-hydrogen) atoms. The number of thioether (sulfide) groups is 1. The Morgan fingerprint density at radius 1 is 1.11 bits per heavy atom. The summed E-state index contributed by atoms with van der Waals surface area (Å²) in [4.78, 5) is 23.4. The van der Waals surface area contributed by atoms with Crippen LogP contribution in [0.3, 0.4) is 0 Å². The summed E-state index contributed by atoms with van der Waals surface area (Å²) >= 11 is 1.27. The van der Waals surface area contributed by atoms with E-state index in [4.69, 9.17) is 4.74 Å². The minimum absolute atomic E-state index is 0.0671. The van der Waals surface area contributed by atoms with Gasteiger partial charge in [0.1, 0.15) is 12.4 Å². The third kappa shape index (κ3) is 4.57. The lowest BCUT2D eigenvalue weighted by Gasteiger charge is -2.09. The molecule has 6 nitrogen and oxygen atoms in total. The molecule has 3 aromatic rings. The van der Waals surface area contributed by atoms with Gasteiger partial charge in [-0.05, 0) is 41.3 Å². The number of ether oxygens (including phenoxy) is 1. The molecular weight excluding hydrogens is 364 g/mol. The van der Waals surface area contributed by atoms with E-state index in [9.17, 15) is 14.9 Å². The average molecular weight is 382 g/mol. The Balaban J connectivity index is 1.56. The summed E-state index contributed by atoms with van der Waals surface area (Å²) < 4.78 is 5.67. The molecule has 0 fully saturated rings. The fourth-order valence-corrected chi connectivity index (χ4v) is 3.21. The molecule has 0 aromatic heterocycles. The minimum atomic E-state index is -0.481. The number of fused-ring (bicyclic) bond motifs is 1. The van der Waals surface area contributed by atoms with E-state index in [1.165, 1.54) is 17.8 Å². The molecule has 0 heterocycles. The van der Waals surface area contributed by atoms with E-state index in [0.29, 0.717) is 18.0 Å². The average Bonchev–Trinajstić information content (AvgIpc) is 2.70. The van der Waals surface area contributed by atoms with E-state index in [2.05, 4.69) is 5.32 Å². The molecule has 0 radical (unpaired) electrons. The van der Waals surface area contributed by atoms with Crippen LogP contribution in [0.15, 0.2) is 65.6 Å². The molecule has 0 atom stereocenters. The molecule has 3 rings (SSSR count). The number of carbonyl (C=O) groups is 1. The second kappa shape index (κ2) is 8.55. The fourth-order valence-electron chi connectivity index (χ4n) is 2.67. The van der Waals surface area contributed by atoms with Crippen molar-refractivity contribution < 1.29 is 14.5 Å². The number of amides is 1. The zero-order valence-corrected chi connectivity index (χ0v) is 15.5. The molecule has 0 saturated heterocycles. The van der Waals surface area contributed by atoms with Crippen LogP contribution in [-0.4, -0.2) is 30.2 Å². The third-order valence-corrected chi connectivity index (χ3v) is 4.80. The van der Waals surface area contributed by atoms with Gasteiger partial charge in [-0.15, -0.1) is 11.8 Å². The minimum Gasteiger partial charge on any atom is -0.492 e. The highest BCUT2D eigenvalue weighted by Gasteiger charge is 2.16. The van der Waals surface area contributed by atoms with Gasteiger partial charge in [-0.2, -0.15) is 0 Å². The van der Waals surface area contributed by atoms with Gasteiger partial charge in [-0.1, -0.05) is 30.3 Å². The zero-order valence-electron chi connectivity index (χ0n) is 14.7. The zero-order chi connectivity index (χ0) is 19.2. The summed E-state index contributed by atoms with van der Waals surface area (Å²) in [6.45, 7) is 0.596. The van der Waals surface area contributed by atoms with Crippen molar-refractivity contribution in [1.82, 2.24) is 5.32 Å². The van der Waals surface area contributed by atoms with Crippen LogP contribution in [0.4, 0.5) is 5.69 Å². The molecule has 138 valence electrons. The van der Waals surface area contributed by atoms with E-state index in [0.717, 1.165) is 16.5 Å². The molecule has 0 saturated carbocycles. The first-order chi connectivity index (χ1) is 13.1. The number of benzene rings is 3. The molecule has 0 aliphatic heterocycles. The van der Waals surface area contributed by atoms with E-state index < -0.39 is 4.92 Å². The Bertz CT molecular complexity index is 991. The lowest BCUT2D eigenvalue weighted by atomic mass is 10.1. The molecular formula is C20H18N2O4S. The molecule has 0 bridgehead atoms. The largest absolute Gasteiger partial charge is 0.492 e. The maximum Gasteiger partial charge on any atom is 0.283 e. The van der Waals surface area contributed by atoms with Crippen molar-refractivity contribution >= 4 is 34.1 Å². The van der Waals surface area contributed by atoms with Crippen LogP contribution in [0.5, 0.6) is 5.75 Å². The lowest BCUT2D eigenvalue weighted by Crippen LogP contribution is -2.28. The quantitative estimate of drug-likeness (QED) is 0.285. The van der Waals surface area contributed by atoms with Crippen molar-refractivity contribution in [3.63, 3.8) is 0 Å². The van der Waals surface area contributed by atoms with Gasteiger partial charge < -0.3 is 10.1 Å². The summed E-state index contributed by atoms with van der Waals surface area (Å²) in [5.41, 5.74) is 0.188. The van der Waals surface area contributed by atoms with Crippen LogP contribution in [0.1, 0.15) is 10.4 Å². The Hall–Kier alpha value is -3.06. The predicted octanol–water partition coefficient (Wildman–Crippen LogP) is 4.28. The summed E-state index contributed by atoms with van der Waals surface area (Å²) in [5, 5.41) is 16.0. The standard InChI is InChI=1S/C20H18N2O4S/c1-27-19-9-7-16(13-18(19)22(24)25)20(23)21-10-11-26-17-8-6-14-4-2-3-5-15(14)12-17/h2-9,12-13H,10-11H2,1H3,(H,21,23). The Morgan fingerprint density at radius 3 is 2.63 bits per heavy atom. The van der Waals surface area contributed by atoms with Crippen LogP contribution in [0.2, 0.25) is 0 Å². The molecule has 0 spiro atoms.